The first-order valence-electron chi connectivity index (χ1n) is 14.0. The van der Waals surface area contributed by atoms with Crippen LogP contribution in [0.15, 0.2) is 10.6 Å². The van der Waals surface area contributed by atoms with Crippen LogP contribution >= 0.6 is 0 Å². The highest BCUT2D eigenvalue weighted by atomic mass is 16.6. The second-order valence-electron chi connectivity index (χ2n) is 10.2. The topological polar surface area (TPSA) is 157 Å². The van der Waals surface area contributed by atoms with E-state index in [0.717, 1.165) is 44.7 Å². The quantitative estimate of drug-likeness (QED) is 0.249. The molecular formula is C26H40N8O4. The van der Waals surface area contributed by atoms with Crippen LogP contribution in [0, 0.1) is 0 Å². The number of fused-ring (bicyclic) bond motifs is 1. The number of nitrogens with zero attached hydrogens (tertiary/aromatic N) is 5. The lowest BCUT2D eigenvalue weighted by molar-refractivity contribution is -0.0111. The maximum absolute atomic E-state index is 10.9. The number of aryl methyl sites for hydroxylation is 1. The molecule has 0 saturated carbocycles. The van der Waals surface area contributed by atoms with Gasteiger partial charge >= 0.3 is 0 Å². The van der Waals surface area contributed by atoms with Crippen LogP contribution in [-0.2, 0) is 11.2 Å². The number of likely N-dealkylation sites (tertiary alicyclic amines) is 1. The summed E-state index contributed by atoms with van der Waals surface area (Å²) in [4.78, 5) is 19.8. The summed E-state index contributed by atoms with van der Waals surface area (Å²) in [6.45, 7) is 10.2. The van der Waals surface area contributed by atoms with Crippen LogP contribution in [0.5, 0.6) is 0 Å². The molecule has 5 N–H and O–H groups in total. The summed E-state index contributed by atoms with van der Waals surface area (Å²) in [5, 5.41) is 32.4. The molecule has 0 bridgehead atoms. The highest BCUT2D eigenvalue weighted by Crippen LogP contribution is 2.41. The Morgan fingerprint density at radius 3 is 2.53 bits per heavy atom. The van der Waals surface area contributed by atoms with E-state index >= 15 is 0 Å². The number of hydrogen-bond acceptors (Lipinski definition) is 11. The Morgan fingerprint density at radius 1 is 1.05 bits per heavy atom. The van der Waals surface area contributed by atoms with Gasteiger partial charge in [0.05, 0.1) is 5.69 Å². The van der Waals surface area contributed by atoms with E-state index in [-0.39, 0.29) is 6.04 Å². The number of anilines is 2. The van der Waals surface area contributed by atoms with Crippen molar-refractivity contribution >= 4 is 22.9 Å². The molecule has 0 aromatic carbocycles. The van der Waals surface area contributed by atoms with E-state index in [4.69, 9.17) is 14.2 Å². The van der Waals surface area contributed by atoms with Crippen LogP contribution in [0.4, 0.5) is 11.8 Å². The van der Waals surface area contributed by atoms with Gasteiger partial charge in [0.1, 0.15) is 35.8 Å². The van der Waals surface area contributed by atoms with Crippen LogP contribution in [-0.4, -0.2) is 84.6 Å². The number of nitrogens with one attached hydrogen (secondary N) is 3. The molecule has 3 aromatic rings. The molecule has 2 fully saturated rings. The Balaban J connectivity index is 1.39. The molecule has 12 heteroatoms. The summed E-state index contributed by atoms with van der Waals surface area (Å²) >= 11 is 0. The minimum atomic E-state index is -1.21. The molecule has 0 unspecified atom stereocenters. The van der Waals surface area contributed by atoms with Crippen molar-refractivity contribution in [2.45, 2.75) is 89.8 Å². The maximum Gasteiger partial charge on any atom is 0.226 e. The van der Waals surface area contributed by atoms with Gasteiger partial charge in [-0.25, -0.2) is 4.98 Å². The number of H-pyrrole nitrogens is 1. The van der Waals surface area contributed by atoms with Crippen LogP contribution in [0.2, 0.25) is 0 Å². The van der Waals surface area contributed by atoms with E-state index in [1.165, 1.54) is 19.3 Å². The molecule has 2 aliphatic heterocycles. The van der Waals surface area contributed by atoms with Crippen molar-refractivity contribution in [2.24, 2.45) is 0 Å². The fourth-order valence-electron chi connectivity index (χ4n) is 5.20. The van der Waals surface area contributed by atoms with Crippen LogP contribution < -0.4 is 10.6 Å². The fraction of sp³-hybridized carbons (Fsp3) is 0.692. The average Bonchev–Trinajstić information content (AvgIpc) is 3.66. The Hall–Kier alpha value is -2.80. The van der Waals surface area contributed by atoms with Crippen LogP contribution in [0.25, 0.3) is 11.2 Å². The highest BCUT2D eigenvalue weighted by Gasteiger charge is 2.47. The van der Waals surface area contributed by atoms with Gasteiger partial charge in [-0.05, 0) is 45.2 Å². The largest absolute Gasteiger partial charge is 0.387 e. The normalized spacial score (nSPS) is 24.5. The standard InChI is InChI=1S/C26H40N8O4/c1-4-15(5-2)28-23-18-24(32-26(31-23)27-10-13-34-11-8-7-9-12-34)30-25(29-18)22-20(36)19(35)21(37-22)17-14-16(6-3)33-38-17/h14-15,19-22,35-36H,4-13H2,1-3H3,(H3,27,28,29,30,31,32)/t19-,20+,21+,22-/m0/s1. The molecule has 0 radical (unpaired) electrons. The molecule has 0 spiro atoms. The minimum Gasteiger partial charge on any atom is -0.387 e. The van der Waals surface area contributed by atoms with Crippen molar-refractivity contribution in [1.29, 1.82) is 0 Å². The summed E-state index contributed by atoms with van der Waals surface area (Å²) in [6, 6.07) is 1.98. The van der Waals surface area contributed by atoms with Gasteiger partial charge in [0.25, 0.3) is 0 Å². The van der Waals surface area contributed by atoms with Crippen molar-refractivity contribution < 1.29 is 19.5 Å². The third-order valence-electron chi connectivity index (χ3n) is 7.61. The highest BCUT2D eigenvalue weighted by molar-refractivity contribution is 5.84. The molecule has 2 saturated heterocycles. The van der Waals surface area contributed by atoms with Crippen molar-refractivity contribution in [2.75, 3.05) is 36.8 Å². The number of piperidine rings is 1. The van der Waals surface area contributed by atoms with E-state index in [1.54, 1.807) is 6.07 Å². The number of aliphatic hydroxyl groups excluding tert-OH is 2. The predicted molar refractivity (Wildman–Crippen MR) is 143 cm³/mol. The smallest absolute Gasteiger partial charge is 0.226 e. The first kappa shape index (κ1) is 26.8. The molecule has 4 atom stereocenters. The Bertz CT molecular complexity index is 1190. The molecule has 12 nitrogen and oxygen atoms in total. The lowest BCUT2D eigenvalue weighted by atomic mass is 10.1. The Kier molecular flexibility index (Phi) is 8.42. The number of aromatic amines is 1. The van der Waals surface area contributed by atoms with E-state index in [0.29, 0.717) is 40.9 Å². The second kappa shape index (κ2) is 11.9. The average molecular weight is 529 g/mol. The molecule has 5 heterocycles. The minimum absolute atomic E-state index is 0.236. The zero-order valence-corrected chi connectivity index (χ0v) is 22.5. The van der Waals surface area contributed by atoms with Crippen LogP contribution in [0.3, 0.4) is 0 Å². The molecule has 0 amide bonds. The molecule has 3 aromatic heterocycles. The van der Waals surface area contributed by atoms with E-state index in [9.17, 15) is 10.2 Å². The first-order chi connectivity index (χ1) is 18.5. The van der Waals surface area contributed by atoms with Crippen molar-refractivity contribution in [3.63, 3.8) is 0 Å². The molecule has 0 aliphatic carbocycles. The Labute approximate surface area is 222 Å². The van der Waals surface area contributed by atoms with Crippen LogP contribution in [0.1, 0.15) is 82.4 Å². The summed E-state index contributed by atoms with van der Waals surface area (Å²) in [5.41, 5.74) is 1.85. The fourth-order valence-corrected chi connectivity index (χ4v) is 5.20. The van der Waals surface area contributed by atoms with Gasteiger partial charge in [0.15, 0.2) is 17.2 Å². The monoisotopic (exact) mass is 528 g/mol. The van der Waals surface area contributed by atoms with Crippen molar-refractivity contribution in [3.8, 4) is 0 Å². The number of imidazole rings is 1. The van der Waals surface area contributed by atoms with Gasteiger partial charge in [-0.1, -0.05) is 32.3 Å². The summed E-state index contributed by atoms with van der Waals surface area (Å²) in [5.74, 6) is 1.90. The first-order valence-corrected chi connectivity index (χ1v) is 14.0. The number of hydrogen-bond donors (Lipinski definition) is 5. The predicted octanol–water partition coefficient (Wildman–Crippen LogP) is 2.94. The lowest BCUT2D eigenvalue weighted by Gasteiger charge is -2.26. The zero-order chi connectivity index (χ0) is 26.6. The maximum atomic E-state index is 10.9. The van der Waals surface area contributed by atoms with Gasteiger partial charge in [-0.3, -0.25) is 0 Å². The lowest BCUT2D eigenvalue weighted by Crippen LogP contribution is -2.33. The summed E-state index contributed by atoms with van der Waals surface area (Å²) < 4.78 is 11.4. The molecule has 208 valence electrons. The molecule has 2 aliphatic rings. The Morgan fingerprint density at radius 2 is 1.82 bits per heavy atom. The summed E-state index contributed by atoms with van der Waals surface area (Å²) in [6.07, 6.45) is 2.25. The van der Waals surface area contributed by atoms with Gasteiger partial charge < -0.3 is 40.0 Å². The van der Waals surface area contributed by atoms with Gasteiger partial charge in [-0.15, -0.1) is 0 Å². The van der Waals surface area contributed by atoms with E-state index < -0.39 is 24.4 Å². The number of aliphatic hydroxyl groups is 2. The SMILES string of the molecule is CCc1cc([C@H]2O[C@H](c3nc4nc(NCCN5CCCCC5)nc(NC(CC)CC)c4[nH]3)[C@H](O)[C@@H]2O)on1. The van der Waals surface area contributed by atoms with E-state index in [1.807, 2.05) is 6.92 Å². The summed E-state index contributed by atoms with van der Waals surface area (Å²) in [7, 11) is 0. The molecule has 5 rings (SSSR count). The zero-order valence-electron chi connectivity index (χ0n) is 22.5. The number of rotatable bonds is 11. The number of ether oxygens (including phenoxy) is 1. The number of aromatic nitrogens is 5. The van der Waals surface area contributed by atoms with Gasteiger partial charge in [0.2, 0.25) is 5.95 Å². The van der Waals surface area contributed by atoms with E-state index in [2.05, 4.69) is 49.5 Å². The second-order valence-corrected chi connectivity index (χ2v) is 10.2. The van der Waals surface area contributed by atoms with Crippen molar-refractivity contribution in [3.05, 3.63) is 23.3 Å². The molecule has 38 heavy (non-hydrogen) atoms. The van der Waals surface area contributed by atoms with Gasteiger partial charge in [0, 0.05) is 25.2 Å². The van der Waals surface area contributed by atoms with Gasteiger partial charge in [-0.2, -0.15) is 9.97 Å². The van der Waals surface area contributed by atoms with Crippen molar-refractivity contribution in [1.82, 2.24) is 30.0 Å². The molecular weight excluding hydrogens is 488 g/mol. The third-order valence-corrected chi connectivity index (χ3v) is 7.61. The third kappa shape index (κ3) is 5.63.